The minimum atomic E-state index is -1.01. The third-order valence-corrected chi connectivity index (χ3v) is 11.1. The Hall–Kier alpha value is -5.96. The van der Waals surface area contributed by atoms with Gasteiger partial charge in [-0.15, -0.1) is 0 Å². The molecule has 5 amide bonds. The minimum absolute atomic E-state index is 0.0677. The van der Waals surface area contributed by atoms with E-state index in [1.165, 1.54) is 0 Å². The first-order valence-corrected chi connectivity index (χ1v) is 19.5. The standard InChI is InChI=1S/C41H45N9O6/c1-25-27-15-14-26(38(52)44-34-24-48-23-29(43-35(48)22-42-34)30-12-10-18-47(30)2)21-32(27)49(46-25)19-7-5-3-4-6-8-20-56-33-13-9-11-28-37(33)41(55)50(40(28)54)31-16-17-36(51)45-39(31)53/h9,11,13-15,21-24,30-31H,3-8,10,12,16-20H2,1-2H3,(H,44,52)(H,45,51,53)/t30-,31?/m1/s1. The summed E-state index contributed by atoms with van der Waals surface area (Å²) in [4.78, 5) is 76.2. The predicted octanol–water partition coefficient (Wildman–Crippen LogP) is 5.23. The molecule has 2 atom stereocenters. The quantitative estimate of drug-likeness (QED) is 0.113. The number of imide groups is 2. The van der Waals surface area contributed by atoms with Crippen LogP contribution in [0.4, 0.5) is 5.82 Å². The van der Waals surface area contributed by atoms with Gasteiger partial charge >= 0.3 is 0 Å². The minimum Gasteiger partial charge on any atom is -0.493 e. The lowest BCUT2D eigenvalue weighted by Gasteiger charge is -2.27. The molecule has 3 aliphatic rings. The van der Waals surface area contributed by atoms with Crippen LogP contribution in [0.5, 0.6) is 5.75 Å². The highest BCUT2D eigenvalue weighted by molar-refractivity contribution is 6.24. The van der Waals surface area contributed by atoms with Gasteiger partial charge in [-0.1, -0.05) is 37.8 Å². The van der Waals surface area contributed by atoms with Crippen molar-refractivity contribution in [3.05, 3.63) is 83.1 Å². The molecule has 0 radical (unpaired) electrons. The number of nitrogens with one attached hydrogen (secondary N) is 2. The van der Waals surface area contributed by atoms with E-state index in [-0.39, 0.29) is 29.9 Å². The van der Waals surface area contributed by atoms with Gasteiger partial charge < -0.3 is 14.5 Å². The zero-order valence-electron chi connectivity index (χ0n) is 31.6. The SMILES string of the molecule is Cc1nn(CCCCCCCCOc2cccc3c2C(=O)N(C2CCC(=O)NC2=O)C3=O)c2cc(C(=O)Nc3cn4cc([C@H]5CCCN5C)nc4cn3)ccc12. The Kier molecular flexibility index (Phi) is 10.3. The fourth-order valence-corrected chi connectivity index (χ4v) is 8.13. The van der Waals surface area contributed by atoms with Gasteiger partial charge in [-0.2, -0.15) is 5.10 Å². The van der Waals surface area contributed by atoms with Crippen molar-refractivity contribution in [3.8, 4) is 5.75 Å². The number of amides is 5. The fraction of sp³-hybridized carbons (Fsp3) is 0.415. The van der Waals surface area contributed by atoms with E-state index in [1.54, 1.807) is 30.6 Å². The molecule has 56 heavy (non-hydrogen) atoms. The van der Waals surface area contributed by atoms with Crippen molar-refractivity contribution in [1.82, 2.24) is 39.3 Å². The van der Waals surface area contributed by atoms with Gasteiger partial charge in [0.1, 0.15) is 17.6 Å². The first-order chi connectivity index (χ1) is 27.2. The topological polar surface area (TPSA) is 173 Å². The molecule has 0 aliphatic carbocycles. The highest BCUT2D eigenvalue weighted by Gasteiger charge is 2.46. The maximum atomic E-state index is 13.4. The largest absolute Gasteiger partial charge is 0.493 e. The lowest BCUT2D eigenvalue weighted by atomic mass is 10.0. The first kappa shape index (κ1) is 37.0. The summed E-state index contributed by atoms with van der Waals surface area (Å²) in [6, 6.07) is 9.85. The summed E-state index contributed by atoms with van der Waals surface area (Å²) in [6.07, 6.45) is 13.6. The Morgan fingerprint density at radius 1 is 0.964 bits per heavy atom. The number of fused-ring (bicyclic) bond motifs is 3. The Morgan fingerprint density at radius 2 is 1.79 bits per heavy atom. The van der Waals surface area contributed by atoms with E-state index < -0.39 is 29.7 Å². The molecule has 5 aromatic rings. The molecule has 15 nitrogen and oxygen atoms in total. The predicted molar refractivity (Wildman–Crippen MR) is 206 cm³/mol. The van der Waals surface area contributed by atoms with Crippen molar-refractivity contribution in [2.75, 3.05) is 25.5 Å². The van der Waals surface area contributed by atoms with Crippen LogP contribution in [-0.4, -0.2) is 89.7 Å². The molecule has 3 aliphatic heterocycles. The number of likely N-dealkylation sites (tertiary alicyclic amines) is 1. The molecule has 290 valence electrons. The number of imidazole rings is 1. The average molecular weight is 760 g/mol. The maximum absolute atomic E-state index is 13.4. The van der Waals surface area contributed by atoms with E-state index in [0.29, 0.717) is 29.8 Å². The van der Waals surface area contributed by atoms with Crippen LogP contribution in [0.3, 0.4) is 0 Å². The van der Waals surface area contributed by atoms with E-state index in [1.807, 2.05) is 40.4 Å². The number of ether oxygens (including phenoxy) is 1. The zero-order valence-corrected chi connectivity index (χ0v) is 31.6. The van der Waals surface area contributed by atoms with Crippen LogP contribution in [0.25, 0.3) is 16.6 Å². The smallest absolute Gasteiger partial charge is 0.266 e. The fourth-order valence-electron chi connectivity index (χ4n) is 8.13. The van der Waals surface area contributed by atoms with Gasteiger partial charge in [-0.3, -0.25) is 43.8 Å². The van der Waals surface area contributed by atoms with Gasteiger partial charge in [0, 0.05) is 30.1 Å². The van der Waals surface area contributed by atoms with Crippen LogP contribution in [0, 0.1) is 6.92 Å². The maximum Gasteiger partial charge on any atom is 0.266 e. The lowest BCUT2D eigenvalue weighted by Crippen LogP contribution is -2.54. The second-order valence-corrected chi connectivity index (χ2v) is 14.9. The summed E-state index contributed by atoms with van der Waals surface area (Å²) >= 11 is 0. The van der Waals surface area contributed by atoms with Gasteiger partial charge in [0.2, 0.25) is 11.8 Å². The molecule has 2 saturated heterocycles. The van der Waals surface area contributed by atoms with E-state index in [9.17, 15) is 24.0 Å². The Labute approximate surface area is 323 Å². The van der Waals surface area contributed by atoms with Gasteiger partial charge in [0.15, 0.2) is 5.65 Å². The average Bonchev–Trinajstić information content (AvgIpc) is 3.95. The highest BCUT2D eigenvalue weighted by Crippen LogP contribution is 2.34. The normalized spacial score (nSPS) is 18.6. The Morgan fingerprint density at radius 3 is 2.59 bits per heavy atom. The van der Waals surface area contributed by atoms with Crippen molar-refractivity contribution in [2.24, 2.45) is 0 Å². The number of aromatic nitrogens is 5. The zero-order chi connectivity index (χ0) is 38.9. The Bertz CT molecular complexity index is 2370. The number of anilines is 1. The van der Waals surface area contributed by atoms with Crippen molar-refractivity contribution in [1.29, 1.82) is 0 Å². The molecular formula is C41H45N9O6. The molecule has 2 N–H and O–H groups in total. The van der Waals surface area contributed by atoms with Gasteiger partial charge in [0.25, 0.3) is 17.7 Å². The summed E-state index contributed by atoms with van der Waals surface area (Å²) in [7, 11) is 2.12. The van der Waals surface area contributed by atoms with Crippen LogP contribution in [0.1, 0.15) is 113 Å². The molecule has 3 aromatic heterocycles. The second kappa shape index (κ2) is 15.6. The molecule has 1 unspecified atom stereocenters. The number of nitrogens with zero attached hydrogens (tertiary/aromatic N) is 7. The van der Waals surface area contributed by atoms with E-state index in [4.69, 9.17) is 14.8 Å². The van der Waals surface area contributed by atoms with Crippen molar-refractivity contribution in [3.63, 3.8) is 0 Å². The molecule has 0 spiro atoms. The van der Waals surface area contributed by atoms with Crippen LogP contribution in [0.2, 0.25) is 0 Å². The van der Waals surface area contributed by atoms with E-state index in [0.717, 1.165) is 97.3 Å². The summed E-state index contributed by atoms with van der Waals surface area (Å²) in [5.74, 6) is -1.63. The summed E-state index contributed by atoms with van der Waals surface area (Å²) in [5, 5.41) is 11.0. The third-order valence-electron chi connectivity index (χ3n) is 11.1. The highest BCUT2D eigenvalue weighted by atomic mass is 16.5. The Balaban J connectivity index is 0.793. The molecule has 8 rings (SSSR count). The summed E-state index contributed by atoms with van der Waals surface area (Å²) in [6.45, 7) is 4.16. The van der Waals surface area contributed by atoms with E-state index >= 15 is 0 Å². The molecular weight excluding hydrogens is 715 g/mol. The number of piperidine rings is 1. The first-order valence-electron chi connectivity index (χ1n) is 19.5. The summed E-state index contributed by atoms with van der Waals surface area (Å²) < 4.78 is 9.88. The number of carbonyl (C=O) groups is 5. The van der Waals surface area contributed by atoms with Crippen LogP contribution >= 0.6 is 0 Å². The molecule has 0 saturated carbocycles. The van der Waals surface area contributed by atoms with Crippen LogP contribution < -0.4 is 15.4 Å². The number of benzene rings is 2. The third kappa shape index (κ3) is 7.26. The van der Waals surface area contributed by atoms with Crippen LogP contribution in [0.15, 0.2) is 55.0 Å². The second-order valence-electron chi connectivity index (χ2n) is 14.9. The van der Waals surface area contributed by atoms with Gasteiger partial charge in [-0.25, -0.2) is 9.97 Å². The number of carbonyl (C=O) groups excluding carboxylic acids is 5. The molecule has 2 aromatic carbocycles. The molecule has 2 fully saturated rings. The van der Waals surface area contributed by atoms with Crippen molar-refractivity contribution >= 4 is 51.9 Å². The number of aryl methyl sites for hydroxylation is 2. The number of rotatable bonds is 14. The van der Waals surface area contributed by atoms with Crippen molar-refractivity contribution < 1.29 is 28.7 Å². The van der Waals surface area contributed by atoms with E-state index in [2.05, 4.69) is 27.6 Å². The number of hydrogen-bond acceptors (Lipinski definition) is 10. The van der Waals surface area contributed by atoms with Gasteiger partial charge in [-0.05, 0) is 76.9 Å². The molecule has 0 bridgehead atoms. The lowest BCUT2D eigenvalue weighted by molar-refractivity contribution is -0.136. The monoisotopic (exact) mass is 759 g/mol. The van der Waals surface area contributed by atoms with Crippen LogP contribution in [-0.2, 0) is 16.1 Å². The summed E-state index contributed by atoms with van der Waals surface area (Å²) in [5.41, 5.74) is 4.51. The van der Waals surface area contributed by atoms with Crippen molar-refractivity contribution in [2.45, 2.75) is 89.8 Å². The number of unbranched alkanes of at least 4 members (excludes halogenated alkanes) is 5. The number of hydrogen-bond donors (Lipinski definition) is 2. The van der Waals surface area contributed by atoms with Gasteiger partial charge in [0.05, 0.1) is 53.1 Å². The molecule has 15 heteroatoms. The molecule has 6 heterocycles.